The number of rotatable bonds is 4. The second-order valence-electron chi connectivity index (χ2n) is 4.56. The van der Waals surface area contributed by atoms with Crippen LogP contribution in [0.4, 0.5) is 0 Å². The summed E-state index contributed by atoms with van der Waals surface area (Å²) in [5, 5.41) is 1.43. The number of halogens is 3. The van der Waals surface area contributed by atoms with Gasteiger partial charge in [-0.2, -0.15) is 0 Å². The van der Waals surface area contributed by atoms with Gasteiger partial charge >= 0.3 is 0 Å². The molecule has 0 saturated carbocycles. The highest BCUT2D eigenvalue weighted by Gasteiger charge is 2.17. The summed E-state index contributed by atoms with van der Waals surface area (Å²) in [6, 6.07) is 7.29. The van der Waals surface area contributed by atoms with Crippen molar-refractivity contribution >= 4 is 34.8 Å². The maximum atomic E-state index is 6.30. The molecule has 1 heterocycles. The molecule has 0 N–H and O–H groups in total. The number of aromatic nitrogens is 2. The molecular weight excluding hydrogens is 315 g/mol. The third-order valence-electron chi connectivity index (χ3n) is 3.32. The Morgan fingerprint density at radius 2 is 1.40 bits per heavy atom. The molecule has 0 unspecified atom stereocenters. The lowest BCUT2D eigenvalue weighted by molar-refractivity contribution is 0.602. The van der Waals surface area contributed by atoms with Gasteiger partial charge in [-0.25, -0.2) is 9.97 Å². The fourth-order valence-electron chi connectivity index (χ4n) is 2.11. The van der Waals surface area contributed by atoms with Crippen molar-refractivity contribution in [1.29, 1.82) is 0 Å². The third-order valence-corrected chi connectivity index (χ3v) is 4.12. The van der Waals surface area contributed by atoms with E-state index in [-0.39, 0.29) is 5.92 Å². The second kappa shape index (κ2) is 6.75. The van der Waals surface area contributed by atoms with Crippen LogP contribution in [0.1, 0.15) is 38.4 Å². The summed E-state index contributed by atoms with van der Waals surface area (Å²) in [6.45, 7) is 4.21. The number of hydrogen-bond donors (Lipinski definition) is 0. The van der Waals surface area contributed by atoms with E-state index in [1.807, 2.05) is 12.1 Å². The first-order valence-corrected chi connectivity index (χ1v) is 7.69. The Kier molecular flexibility index (Phi) is 5.25. The first kappa shape index (κ1) is 15.6. The molecule has 0 aliphatic heterocycles. The van der Waals surface area contributed by atoms with Crippen LogP contribution in [0.3, 0.4) is 0 Å². The molecule has 1 aromatic carbocycles. The number of benzene rings is 1. The fraction of sp³-hybridized carbons (Fsp3) is 0.333. The Labute approximate surface area is 134 Å². The Bertz CT molecular complexity index is 570. The maximum absolute atomic E-state index is 6.30. The molecule has 5 heteroatoms. The predicted octanol–water partition coefficient (Wildman–Crippen LogP) is 6.01. The first-order valence-electron chi connectivity index (χ1n) is 6.55. The van der Waals surface area contributed by atoms with E-state index >= 15 is 0 Å². The lowest BCUT2D eigenvalue weighted by Gasteiger charge is -2.14. The van der Waals surface area contributed by atoms with Gasteiger partial charge < -0.3 is 0 Å². The molecule has 106 valence electrons. The number of hydrogen-bond acceptors (Lipinski definition) is 2. The second-order valence-corrected chi connectivity index (χ2v) is 5.71. The Morgan fingerprint density at radius 1 is 0.900 bits per heavy atom. The van der Waals surface area contributed by atoms with Gasteiger partial charge in [-0.1, -0.05) is 60.8 Å². The molecule has 0 fully saturated rings. The highest BCUT2D eigenvalue weighted by Crippen LogP contribution is 2.34. The lowest BCUT2D eigenvalue weighted by atomic mass is 10.0. The van der Waals surface area contributed by atoms with Crippen molar-refractivity contribution in [2.24, 2.45) is 0 Å². The van der Waals surface area contributed by atoms with Crippen LogP contribution in [0, 0.1) is 0 Å². The first-order chi connectivity index (χ1) is 9.56. The van der Waals surface area contributed by atoms with Crippen LogP contribution in [-0.2, 0) is 0 Å². The Morgan fingerprint density at radius 3 is 1.85 bits per heavy atom. The van der Waals surface area contributed by atoms with E-state index in [0.717, 1.165) is 18.4 Å². The Hall–Kier alpha value is -0.830. The molecule has 1 aromatic heterocycles. The molecule has 2 rings (SSSR count). The average Bonchev–Trinajstić information content (AvgIpc) is 2.41. The largest absolute Gasteiger partial charge is 0.220 e. The fourth-order valence-corrected chi connectivity index (χ4v) is 2.86. The van der Waals surface area contributed by atoms with E-state index in [1.165, 1.54) is 0 Å². The van der Waals surface area contributed by atoms with Crippen LogP contribution in [0.5, 0.6) is 0 Å². The summed E-state index contributed by atoms with van der Waals surface area (Å²) >= 11 is 18.5. The monoisotopic (exact) mass is 328 g/mol. The van der Waals surface area contributed by atoms with Crippen LogP contribution in [-0.4, -0.2) is 9.97 Å². The van der Waals surface area contributed by atoms with Crippen LogP contribution >= 0.6 is 34.8 Å². The van der Waals surface area contributed by atoms with Gasteiger partial charge in [-0.05, 0) is 30.5 Å². The smallest absolute Gasteiger partial charge is 0.142 e. The normalized spacial score (nSPS) is 11.1. The van der Waals surface area contributed by atoms with Gasteiger partial charge in [0.2, 0.25) is 0 Å². The van der Waals surface area contributed by atoms with E-state index in [1.54, 1.807) is 12.1 Å². The van der Waals surface area contributed by atoms with Gasteiger partial charge in [0.15, 0.2) is 0 Å². The summed E-state index contributed by atoms with van der Waals surface area (Å²) in [7, 11) is 0. The van der Waals surface area contributed by atoms with Gasteiger partial charge in [-0.15, -0.1) is 0 Å². The van der Waals surface area contributed by atoms with Crippen molar-refractivity contribution in [2.75, 3.05) is 0 Å². The van der Waals surface area contributed by atoms with Crippen molar-refractivity contribution in [3.05, 3.63) is 45.4 Å². The molecular formula is C15H15Cl3N2. The van der Waals surface area contributed by atoms with Crippen LogP contribution < -0.4 is 0 Å². The summed E-state index contributed by atoms with van der Waals surface area (Å²) in [6.07, 6.45) is 1.92. The molecule has 0 spiro atoms. The SMILES string of the molecule is CCC(CC)c1nc(Cl)c(-c2ccc(Cl)cc2)c(Cl)n1. The molecule has 0 radical (unpaired) electrons. The molecule has 2 aromatic rings. The van der Waals surface area contributed by atoms with Gasteiger partial charge in [0, 0.05) is 10.9 Å². The van der Waals surface area contributed by atoms with Gasteiger partial charge in [0.1, 0.15) is 16.1 Å². The average molecular weight is 330 g/mol. The molecule has 0 atom stereocenters. The van der Waals surface area contributed by atoms with Crippen molar-refractivity contribution in [2.45, 2.75) is 32.6 Å². The summed E-state index contributed by atoms with van der Waals surface area (Å²) in [5.41, 5.74) is 1.51. The zero-order chi connectivity index (χ0) is 14.7. The van der Waals surface area contributed by atoms with E-state index in [0.29, 0.717) is 26.7 Å². The molecule has 0 amide bonds. The van der Waals surface area contributed by atoms with E-state index < -0.39 is 0 Å². The van der Waals surface area contributed by atoms with Gasteiger partial charge in [0.05, 0.1) is 5.56 Å². The molecule has 0 saturated heterocycles. The minimum Gasteiger partial charge on any atom is -0.220 e. The highest BCUT2D eigenvalue weighted by atomic mass is 35.5. The van der Waals surface area contributed by atoms with Crippen molar-refractivity contribution in [3.8, 4) is 11.1 Å². The molecule has 0 aliphatic rings. The zero-order valence-electron chi connectivity index (χ0n) is 11.3. The van der Waals surface area contributed by atoms with Gasteiger partial charge in [-0.3, -0.25) is 0 Å². The third kappa shape index (κ3) is 3.25. The zero-order valence-corrected chi connectivity index (χ0v) is 13.6. The van der Waals surface area contributed by atoms with Crippen molar-refractivity contribution in [1.82, 2.24) is 9.97 Å². The van der Waals surface area contributed by atoms with Crippen LogP contribution in [0.15, 0.2) is 24.3 Å². The summed E-state index contributed by atoms with van der Waals surface area (Å²) < 4.78 is 0. The van der Waals surface area contributed by atoms with Crippen molar-refractivity contribution in [3.63, 3.8) is 0 Å². The van der Waals surface area contributed by atoms with E-state index in [4.69, 9.17) is 34.8 Å². The topological polar surface area (TPSA) is 25.8 Å². The number of nitrogens with zero attached hydrogens (tertiary/aromatic N) is 2. The molecule has 2 nitrogen and oxygen atoms in total. The summed E-state index contributed by atoms with van der Waals surface area (Å²) in [4.78, 5) is 8.82. The van der Waals surface area contributed by atoms with Crippen molar-refractivity contribution < 1.29 is 0 Å². The van der Waals surface area contributed by atoms with Crippen LogP contribution in [0.2, 0.25) is 15.3 Å². The Balaban J connectivity index is 2.48. The van der Waals surface area contributed by atoms with E-state index in [2.05, 4.69) is 23.8 Å². The van der Waals surface area contributed by atoms with E-state index in [9.17, 15) is 0 Å². The molecule has 20 heavy (non-hydrogen) atoms. The highest BCUT2D eigenvalue weighted by molar-refractivity contribution is 6.37. The predicted molar refractivity (Wildman–Crippen MR) is 85.8 cm³/mol. The minimum atomic E-state index is 0.282. The lowest BCUT2D eigenvalue weighted by Crippen LogP contribution is -2.04. The maximum Gasteiger partial charge on any atom is 0.142 e. The van der Waals surface area contributed by atoms with Gasteiger partial charge in [0.25, 0.3) is 0 Å². The van der Waals surface area contributed by atoms with Crippen LogP contribution in [0.25, 0.3) is 11.1 Å². The molecule has 0 aliphatic carbocycles. The summed E-state index contributed by atoms with van der Waals surface area (Å²) in [5.74, 6) is 0.993. The quantitative estimate of drug-likeness (QED) is 0.642. The minimum absolute atomic E-state index is 0.282. The molecule has 0 bridgehead atoms. The standard InChI is InChI=1S/C15H15Cl3N2/c1-3-9(4-2)15-19-13(17)12(14(18)20-15)10-5-7-11(16)8-6-10/h5-9H,3-4H2,1-2H3.